The fourth-order valence-electron chi connectivity index (χ4n) is 1.33. The number of carbonyl (C=O) groups excluding carboxylic acids is 1. The van der Waals surface area contributed by atoms with Crippen LogP contribution in [0.2, 0.25) is 0 Å². The lowest BCUT2D eigenvalue weighted by atomic mass is 10.2. The number of aliphatic hydroxyl groups is 1. The van der Waals surface area contributed by atoms with Crippen molar-refractivity contribution < 1.29 is 19.4 Å². The monoisotopic (exact) mass is 203 g/mol. The summed E-state index contributed by atoms with van der Waals surface area (Å²) in [5.41, 5.74) is 0. The predicted molar refractivity (Wildman–Crippen MR) is 49.9 cm³/mol. The predicted octanol–water partition coefficient (Wildman–Crippen LogP) is -0.711. The zero-order valence-corrected chi connectivity index (χ0v) is 8.36. The minimum atomic E-state index is -0.461. The molecule has 1 fully saturated rings. The number of carbonyl (C=O) groups is 1. The third kappa shape index (κ3) is 3.61. The topological polar surface area (TPSA) is 67.8 Å². The van der Waals surface area contributed by atoms with E-state index >= 15 is 0 Å². The molecule has 2 unspecified atom stereocenters. The normalized spacial score (nSPS) is 26.4. The Morgan fingerprint density at radius 1 is 1.64 bits per heavy atom. The number of nitrogens with one attached hydrogen (secondary N) is 1. The number of ether oxygens (including phenoxy) is 2. The van der Waals surface area contributed by atoms with Crippen molar-refractivity contribution in [2.45, 2.75) is 25.5 Å². The summed E-state index contributed by atoms with van der Waals surface area (Å²) in [4.78, 5) is 10.9. The summed E-state index contributed by atoms with van der Waals surface area (Å²) in [7, 11) is 0. The van der Waals surface area contributed by atoms with Gasteiger partial charge in [0, 0.05) is 6.54 Å². The van der Waals surface area contributed by atoms with E-state index in [0.717, 1.165) is 0 Å². The van der Waals surface area contributed by atoms with Gasteiger partial charge in [-0.2, -0.15) is 0 Å². The third-order valence-electron chi connectivity index (χ3n) is 2.09. The van der Waals surface area contributed by atoms with Crippen molar-refractivity contribution in [3.05, 3.63) is 0 Å². The van der Waals surface area contributed by atoms with Crippen LogP contribution >= 0.6 is 0 Å². The van der Waals surface area contributed by atoms with Gasteiger partial charge in [-0.15, -0.1) is 0 Å². The number of aliphatic hydroxyl groups excluding tert-OH is 1. The summed E-state index contributed by atoms with van der Waals surface area (Å²) in [5.74, 6) is -0.214. The first-order valence-corrected chi connectivity index (χ1v) is 4.89. The molecule has 14 heavy (non-hydrogen) atoms. The second-order valence-electron chi connectivity index (χ2n) is 3.22. The van der Waals surface area contributed by atoms with Gasteiger partial charge in [-0.1, -0.05) is 0 Å². The first-order valence-electron chi connectivity index (χ1n) is 4.89. The Hall–Kier alpha value is -0.650. The number of rotatable bonds is 5. The molecule has 2 N–H and O–H groups in total. The van der Waals surface area contributed by atoms with Crippen molar-refractivity contribution >= 4 is 5.97 Å². The van der Waals surface area contributed by atoms with Crippen molar-refractivity contribution in [1.82, 2.24) is 5.32 Å². The van der Waals surface area contributed by atoms with Gasteiger partial charge in [-0.05, 0) is 6.92 Å². The van der Waals surface area contributed by atoms with Gasteiger partial charge in [-0.3, -0.25) is 4.79 Å². The summed E-state index contributed by atoms with van der Waals surface area (Å²) >= 11 is 0. The van der Waals surface area contributed by atoms with E-state index in [1.807, 2.05) is 0 Å². The van der Waals surface area contributed by atoms with Crippen LogP contribution in [0.15, 0.2) is 0 Å². The van der Waals surface area contributed by atoms with Crippen molar-refractivity contribution in [2.75, 3.05) is 26.4 Å². The second kappa shape index (κ2) is 5.95. The molecule has 0 aromatic rings. The summed E-state index contributed by atoms with van der Waals surface area (Å²) in [5, 5.41) is 12.4. The molecule has 5 heteroatoms. The Labute approximate surface area is 83.4 Å². The van der Waals surface area contributed by atoms with Crippen molar-refractivity contribution in [3.63, 3.8) is 0 Å². The van der Waals surface area contributed by atoms with E-state index in [4.69, 9.17) is 9.47 Å². The van der Waals surface area contributed by atoms with Gasteiger partial charge in [0.25, 0.3) is 0 Å². The van der Waals surface area contributed by atoms with Crippen LogP contribution in [-0.4, -0.2) is 49.6 Å². The van der Waals surface area contributed by atoms with Crippen LogP contribution in [0.4, 0.5) is 0 Å². The molecule has 5 nitrogen and oxygen atoms in total. The van der Waals surface area contributed by atoms with Crippen LogP contribution in [0.25, 0.3) is 0 Å². The Bertz CT molecular complexity index is 186. The maximum Gasteiger partial charge on any atom is 0.307 e. The van der Waals surface area contributed by atoms with Gasteiger partial charge in [0.2, 0.25) is 0 Å². The number of hydrogen-bond acceptors (Lipinski definition) is 5. The highest BCUT2D eigenvalue weighted by atomic mass is 16.5. The molecule has 2 atom stereocenters. The first-order chi connectivity index (χ1) is 6.74. The lowest BCUT2D eigenvalue weighted by molar-refractivity contribution is -0.143. The fraction of sp³-hybridized carbons (Fsp3) is 0.889. The molecule has 1 saturated heterocycles. The van der Waals surface area contributed by atoms with Gasteiger partial charge in [0.15, 0.2) is 0 Å². The zero-order valence-electron chi connectivity index (χ0n) is 8.36. The molecule has 82 valence electrons. The molecule has 1 heterocycles. The Kier molecular flexibility index (Phi) is 4.86. The van der Waals surface area contributed by atoms with Gasteiger partial charge >= 0.3 is 5.97 Å². The molecule has 0 saturated carbocycles. The van der Waals surface area contributed by atoms with E-state index in [9.17, 15) is 9.90 Å². The van der Waals surface area contributed by atoms with Gasteiger partial charge < -0.3 is 19.9 Å². The molecule has 1 rings (SSSR count). The number of esters is 1. The third-order valence-corrected chi connectivity index (χ3v) is 2.09. The standard InChI is InChI=1S/C9H17NO4/c1-2-14-9(12)3-4-10-7-5-13-6-8(7)11/h7-8,10-11H,2-6H2,1H3. The molecule has 1 aliphatic heterocycles. The van der Waals surface area contributed by atoms with Crippen LogP contribution < -0.4 is 5.32 Å². The highest BCUT2D eigenvalue weighted by molar-refractivity contribution is 5.69. The van der Waals surface area contributed by atoms with Crippen molar-refractivity contribution in [2.24, 2.45) is 0 Å². The highest BCUT2D eigenvalue weighted by Crippen LogP contribution is 2.04. The van der Waals surface area contributed by atoms with E-state index in [1.54, 1.807) is 6.92 Å². The summed E-state index contributed by atoms with van der Waals surface area (Å²) in [6.45, 7) is 3.58. The molecule has 0 radical (unpaired) electrons. The molecule has 0 aromatic carbocycles. The lowest BCUT2D eigenvalue weighted by Crippen LogP contribution is -2.39. The molecule has 1 aliphatic rings. The fourth-order valence-corrected chi connectivity index (χ4v) is 1.33. The Morgan fingerprint density at radius 2 is 2.43 bits per heavy atom. The molecular weight excluding hydrogens is 186 g/mol. The summed E-state index contributed by atoms with van der Waals surface area (Å²) < 4.78 is 9.81. The van der Waals surface area contributed by atoms with Crippen LogP contribution in [-0.2, 0) is 14.3 Å². The quantitative estimate of drug-likeness (QED) is 0.578. The smallest absolute Gasteiger partial charge is 0.307 e. The van der Waals surface area contributed by atoms with Crippen LogP contribution in [0, 0.1) is 0 Å². The molecule has 0 spiro atoms. The maximum atomic E-state index is 10.9. The van der Waals surface area contributed by atoms with E-state index in [-0.39, 0.29) is 12.0 Å². The average Bonchev–Trinajstić information content (AvgIpc) is 2.52. The molecule has 0 amide bonds. The highest BCUT2D eigenvalue weighted by Gasteiger charge is 2.25. The molecule has 0 aliphatic carbocycles. The van der Waals surface area contributed by atoms with Crippen LogP contribution in [0.1, 0.15) is 13.3 Å². The van der Waals surface area contributed by atoms with Gasteiger partial charge in [0.05, 0.1) is 38.4 Å². The Morgan fingerprint density at radius 3 is 3.00 bits per heavy atom. The van der Waals surface area contributed by atoms with Crippen molar-refractivity contribution in [1.29, 1.82) is 0 Å². The van der Waals surface area contributed by atoms with E-state index in [2.05, 4.69) is 5.32 Å². The average molecular weight is 203 g/mol. The molecule has 0 bridgehead atoms. The van der Waals surface area contributed by atoms with Crippen molar-refractivity contribution in [3.8, 4) is 0 Å². The second-order valence-corrected chi connectivity index (χ2v) is 3.22. The number of hydrogen-bond donors (Lipinski definition) is 2. The first kappa shape index (κ1) is 11.4. The maximum absolute atomic E-state index is 10.9. The van der Waals surface area contributed by atoms with Gasteiger partial charge in [0.1, 0.15) is 0 Å². The Balaban J connectivity index is 2.06. The zero-order chi connectivity index (χ0) is 10.4. The lowest BCUT2D eigenvalue weighted by Gasteiger charge is -2.13. The SMILES string of the molecule is CCOC(=O)CCNC1COCC1O. The minimum Gasteiger partial charge on any atom is -0.466 e. The largest absolute Gasteiger partial charge is 0.466 e. The van der Waals surface area contributed by atoms with Crippen LogP contribution in [0.5, 0.6) is 0 Å². The minimum absolute atomic E-state index is 0.0515. The molecule has 0 aromatic heterocycles. The van der Waals surface area contributed by atoms with E-state index < -0.39 is 6.10 Å². The van der Waals surface area contributed by atoms with Gasteiger partial charge in [-0.25, -0.2) is 0 Å². The summed E-state index contributed by atoms with van der Waals surface area (Å²) in [6.07, 6.45) is -0.131. The molecular formula is C9H17NO4. The summed E-state index contributed by atoms with van der Waals surface area (Å²) in [6, 6.07) is -0.0515. The van der Waals surface area contributed by atoms with E-state index in [1.165, 1.54) is 0 Å². The van der Waals surface area contributed by atoms with Crippen LogP contribution in [0.3, 0.4) is 0 Å². The van der Waals surface area contributed by atoms with E-state index in [0.29, 0.717) is 32.8 Å².